The van der Waals surface area contributed by atoms with Gasteiger partial charge in [0.25, 0.3) is 0 Å². The van der Waals surface area contributed by atoms with Crippen LogP contribution < -0.4 is 5.32 Å². The predicted octanol–water partition coefficient (Wildman–Crippen LogP) is 4.19. The molecule has 4 rings (SSSR count). The van der Waals surface area contributed by atoms with Crippen molar-refractivity contribution in [3.8, 4) is 0 Å². The summed E-state index contributed by atoms with van der Waals surface area (Å²) in [6, 6.07) is 9.18. The molecule has 2 amide bonds. The minimum Gasteiger partial charge on any atom is -0.381 e. The highest BCUT2D eigenvalue weighted by Crippen LogP contribution is 2.31. The Bertz CT molecular complexity index is 758. The highest BCUT2D eigenvalue weighted by atomic mass is 16.5. The Hall–Kier alpha value is -2.41. The number of anilines is 1. The quantitative estimate of drug-likeness (QED) is 0.724. The summed E-state index contributed by atoms with van der Waals surface area (Å²) in [5.74, 6) is 1.89. The van der Waals surface area contributed by atoms with Crippen LogP contribution in [0.2, 0.25) is 0 Å². The summed E-state index contributed by atoms with van der Waals surface area (Å²) in [6.07, 6.45) is 7.63. The fraction of sp³-hybridized carbons (Fsp3) is 0.571. The lowest BCUT2D eigenvalue weighted by Gasteiger charge is -2.22. The van der Waals surface area contributed by atoms with E-state index in [0.717, 1.165) is 31.1 Å². The maximum absolute atomic E-state index is 12.6. The maximum Gasteiger partial charge on any atom is 0.322 e. The van der Waals surface area contributed by atoms with E-state index in [2.05, 4.69) is 15.5 Å². The van der Waals surface area contributed by atoms with E-state index in [1.807, 2.05) is 30.3 Å². The zero-order chi connectivity index (χ0) is 19.2. The zero-order valence-corrected chi connectivity index (χ0v) is 16.2. The first-order chi connectivity index (χ1) is 13.8. The van der Waals surface area contributed by atoms with Gasteiger partial charge < -0.3 is 19.5 Å². The molecule has 1 aromatic carbocycles. The molecule has 1 aromatic heterocycles. The molecular weight excluding hydrogens is 356 g/mol. The van der Waals surface area contributed by atoms with Crippen LogP contribution >= 0.6 is 0 Å². The SMILES string of the molecule is O=C(Nc1ccccc1)N1CCCC1c1nc(CCOCC2CCCC2)no1. The number of ether oxygens (including phenoxy) is 1. The minimum absolute atomic E-state index is 0.131. The van der Waals surface area contributed by atoms with Gasteiger partial charge in [-0.1, -0.05) is 36.2 Å². The molecule has 1 saturated carbocycles. The van der Waals surface area contributed by atoms with E-state index < -0.39 is 0 Å². The van der Waals surface area contributed by atoms with E-state index in [4.69, 9.17) is 9.26 Å². The van der Waals surface area contributed by atoms with Gasteiger partial charge in [0.2, 0.25) is 5.89 Å². The molecule has 1 atom stereocenters. The van der Waals surface area contributed by atoms with Crippen LogP contribution in [0.5, 0.6) is 0 Å². The Morgan fingerprint density at radius 3 is 2.82 bits per heavy atom. The first-order valence-electron chi connectivity index (χ1n) is 10.3. The second-order valence-electron chi connectivity index (χ2n) is 7.67. The van der Waals surface area contributed by atoms with Crippen LogP contribution in [-0.2, 0) is 11.2 Å². The molecule has 1 unspecified atom stereocenters. The number of amides is 2. The first-order valence-corrected chi connectivity index (χ1v) is 10.3. The van der Waals surface area contributed by atoms with E-state index in [1.165, 1.54) is 25.7 Å². The summed E-state index contributed by atoms with van der Waals surface area (Å²) in [4.78, 5) is 18.9. The average molecular weight is 384 g/mol. The van der Waals surface area contributed by atoms with E-state index in [9.17, 15) is 4.79 Å². The molecule has 0 radical (unpaired) electrons. The Morgan fingerprint density at radius 2 is 2.00 bits per heavy atom. The van der Waals surface area contributed by atoms with Crippen LogP contribution in [-0.4, -0.2) is 40.8 Å². The Labute approximate surface area is 165 Å². The Balaban J connectivity index is 1.28. The smallest absolute Gasteiger partial charge is 0.322 e. The Kier molecular flexibility index (Phi) is 6.21. The minimum atomic E-state index is -0.163. The highest BCUT2D eigenvalue weighted by Gasteiger charge is 2.34. The third-order valence-corrected chi connectivity index (χ3v) is 5.61. The molecule has 1 aliphatic carbocycles. The van der Waals surface area contributed by atoms with E-state index in [-0.39, 0.29) is 12.1 Å². The molecule has 7 heteroatoms. The number of nitrogens with zero attached hydrogens (tertiary/aromatic N) is 3. The number of benzene rings is 1. The fourth-order valence-electron chi connectivity index (χ4n) is 4.08. The number of carbonyl (C=O) groups excluding carboxylic acids is 1. The van der Waals surface area contributed by atoms with Crippen LogP contribution in [0.15, 0.2) is 34.9 Å². The molecule has 150 valence electrons. The molecule has 1 saturated heterocycles. The molecule has 2 aromatic rings. The molecule has 0 bridgehead atoms. The van der Waals surface area contributed by atoms with Crippen LogP contribution in [0.4, 0.5) is 10.5 Å². The maximum atomic E-state index is 12.6. The topological polar surface area (TPSA) is 80.5 Å². The second-order valence-corrected chi connectivity index (χ2v) is 7.67. The largest absolute Gasteiger partial charge is 0.381 e. The summed E-state index contributed by atoms with van der Waals surface area (Å²) >= 11 is 0. The zero-order valence-electron chi connectivity index (χ0n) is 16.2. The number of carbonyl (C=O) groups is 1. The molecule has 1 aliphatic heterocycles. The molecule has 28 heavy (non-hydrogen) atoms. The van der Waals surface area contributed by atoms with Crippen molar-refractivity contribution in [3.63, 3.8) is 0 Å². The monoisotopic (exact) mass is 384 g/mol. The number of rotatable bonds is 7. The van der Waals surface area contributed by atoms with Crippen LogP contribution in [0, 0.1) is 5.92 Å². The van der Waals surface area contributed by atoms with Gasteiger partial charge >= 0.3 is 6.03 Å². The van der Waals surface area contributed by atoms with Gasteiger partial charge in [-0.15, -0.1) is 0 Å². The molecule has 0 spiro atoms. The van der Waals surface area contributed by atoms with E-state index in [1.54, 1.807) is 4.90 Å². The molecule has 1 N–H and O–H groups in total. The molecule has 2 heterocycles. The summed E-state index contributed by atoms with van der Waals surface area (Å²) in [7, 11) is 0. The van der Waals surface area contributed by atoms with Crippen LogP contribution in [0.25, 0.3) is 0 Å². The lowest BCUT2D eigenvalue weighted by molar-refractivity contribution is 0.102. The van der Waals surface area contributed by atoms with Crippen molar-refractivity contribution in [1.29, 1.82) is 0 Å². The average Bonchev–Trinajstić information content (AvgIpc) is 3.47. The second kappa shape index (κ2) is 9.19. The number of hydrogen-bond acceptors (Lipinski definition) is 5. The standard InChI is InChI=1S/C21H28N4O3/c26-21(22-17-9-2-1-3-10-17)25-13-6-11-18(25)20-23-19(24-28-20)12-14-27-15-16-7-4-5-8-16/h1-3,9-10,16,18H,4-8,11-15H2,(H,22,26). The third kappa shape index (κ3) is 4.70. The van der Waals surface area contributed by atoms with E-state index >= 15 is 0 Å². The van der Waals surface area contributed by atoms with Crippen molar-refractivity contribution in [3.05, 3.63) is 42.0 Å². The Morgan fingerprint density at radius 1 is 1.18 bits per heavy atom. The van der Waals surface area contributed by atoms with Gasteiger partial charge in [0.05, 0.1) is 6.61 Å². The van der Waals surface area contributed by atoms with Crippen molar-refractivity contribution in [2.75, 3.05) is 25.1 Å². The van der Waals surface area contributed by atoms with Crippen LogP contribution in [0.1, 0.15) is 56.3 Å². The number of nitrogens with one attached hydrogen (secondary N) is 1. The van der Waals surface area contributed by atoms with Gasteiger partial charge in [-0.2, -0.15) is 4.98 Å². The van der Waals surface area contributed by atoms with Gasteiger partial charge in [-0.05, 0) is 43.7 Å². The number of para-hydroxylation sites is 1. The molecule has 2 fully saturated rings. The third-order valence-electron chi connectivity index (χ3n) is 5.61. The number of likely N-dealkylation sites (tertiary alicyclic amines) is 1. The van der Waals surface area contributed by atoms with Crippen molar-refractivity contribution < 1.29 is 14.1 Å². The summed E-state index contributed by atoms with van der Waals surface area (Å²) < 4.78 is 11.3. The normalized spacial score (nSPS) is 20.0. The van der Waals surface area contributed by atoms with Crippen molar-refractivity contribution in [2.24, 2.45) is 5.92 Å². The van der Waals surface area contributed by atoms with Gasteiger partial charge in [0.1, 0.15) is 6.04 Å². The first kappa shape index (κ1) is 18.9. The molecule has 7 nitrogen and oxygen atoms in total. The lowest BCUT2D eigenvalue weighted by atomic mass is 10.1. The van der Waals surface area contributed by atoms with Crippen LogP contribution in [0.3, 0.4) is 0 Å². The summed E-state index contributed by atoms with van der Waals surface area (Å²) in [5.41, 5.74) is 0.781. The van der Waals surface area contributed by atoms with Gasteiger partial charge in [-0.25, -0.2) is 4.79 Å². The number of aromatic nitrogens is 2. The summed E-state index contributed by atoms with van der Waals surface area (Å²) in [6.45, 7) is 2.13. The molecular formula is C21H28N4O3. The lowest BCUT2D eigenvalue weighted by Crippen LogP contribution is -2.34. The van der Waals surface area contributed by atoms with Gasteiger partial charge in [-0.3, -0.25) is 0 Å². The highest BCUT2D eigenvalue weighted by molar-refractivity contribution is 5.89. The predicted molar refractivity (Wildman–Crippen MR) is 105 cm³/mol. The fourth-order valence-corrected chi connectivity index (χ4v) is 4.08. The van der Waals surface area contributed by atoms with Crippen molar-refractivity contribution >= 4 is 11.7 Å². The van der Waals surface area contributed by atoms with E-state index in [0.29, 0.717) is 31.3 Å². The van der Waals surface area contributed by atoms with Gasteiger partial charge in [0, 0.05) is 25.3 Å². The summed E-state index contributed by atoms with van der Waals surface area (Å²) in [5, 5.41) is 7.02. The number of urea groups is 1. The molecule has 2 aliphatic rings. The van der Waals surface area contributed by atoms with Crippen molar-refractivity contribution in [2.45, 2.75) is 51.0 Å². The van der Waals surface area contributed by atoms with Gasteiger partial charge in [0.15, 0.2) is 5.82 Å². The van der Waals surface area contributed by atoms with Crippen molar-refractivity contribution in [1.82, 2.24) is 15.0 Å². The number of hydrogen-bond donors (Lipinski definition) is 1.